The predicted molar refractivity (Wildman–Crippen MR) is 56.1 cm³/mol. The van der Waals surface area contributed by atoms with Crippen LogP contribution < -0.4 is 5.32 Å². The Balaban J connectivity index is 2.14. The van der Waals surface area contributed by atoms with Crippen molar-refractivity contribution in [3.8, 4) is 0 Å². The SMILES string of the molecule is CNC1(Cc2ccc(F)c(Cl)c2)CC1. The van der Waals surface area contributed by atoms with Gasteiger partial charge in [-0.2, -0.15) is 0 Å². The average molecular weight is 214 g/mol. The van der Waals surface area contributed by atoms with Crippen LogP contribution in [-0.4, -0.2) is 12.6 Å². The van der Waals surface area contributed by atoms with Crippen molar-refractivity contribution in [2.75, 3.05) is 7.05 Å². The molecular formula is C11H13ClFN. The van der Waals surface area contributed by atoms with E-state index in [9.17, 15) is 4.39 Å². The molecule has 1 saturated carbocycles. The van der Waals surface area contributed by atoms with Crippen LogP contribution in [0.25, 0.3) is 0 Å². The van der Waals surface area contributed by atoms with Gasteiger partial charge in [0.2, 0.25) is 0 Å². The largest absolute Gasteiger partial charge is 0.314 e. The number of likely N-dealkylation sites (N-methyl/N-ethyl adjacent to an activating group) is 1. The molecule has 2 rings (SSSR count). The molecule has 1 aromatic carbocycles. The van der Waals surface area contributed by atoms with Crippen molar-refractivity contribution in [3.05, 3.63) is 34.6 Å². The molecule has 0 aliphatic heterocycles. The molecular weight excluding hydrogens is 201 g/mol. The van der Waals surface area contributed by atoms with E-state index in [1.165, 1.54) is 18.9 Å². The van der Waals surface area contributed by atoms with Gasteiger partial charge >= 0.3 is 0 Å². The van der Waals surface area contributed by atoms with Gasteiger partial charge in [0.1, 0.15) is 5.82 Å². The maximum atomic E-state index is 12.9. The lowest BCUT2D eigenvalue weighted by Crippen LogP contribution is -2.29. The summed E-state index contributed by atoms with van der Waals surface area (Å²) in [6.45, 7) is 0. The van der Waals surface area contributed by atoms with Gasteiger partial charge in [-0.3, -0.25) is 0 Å². The molecule has 1 aliphatic carbocycles. The van der Waals surface area contributed by atoms with Crippen molar-refractivity contribution in [1.29, 1.82) is 0 Å². The third-order valence-corrected chi connectivity index (χ3v) is 3.20. The number of hydrogen-bond acceptors (Lipinski definition) is 1. The Labute approximate surface area is 88.3 Å². The number of benzene rings is 1. The Morgan fingerprint density at radius 2 is 2.21 bits per heavy atom. The molecule has 0 unspecified atom stereocenters. The van der Waals surface area contributed by atoms with E-state index in [0.717, 1.165) is 12.0 Å². The Morgan fingerprint density at radius 3 is 2.71 bits per heavy atom. The van der Waals surface area contributed by atoms with Crippen molar-refractivity contribution in [2.24, 2.45) is 0 Å². The second-order valence-electron chi connectivity index (χ2n) is 3.96. The van der Waals surface area contributed by atoms with Gasteiger partial charge in [0.15, 0.2) is 0 Å². The van der Waals surface area contributed by atoms with Crippen LogP contribution in [0.2, 0.25) is 5.02 Å². The molecule has 1 aromatic rings. The lowest BCUT2D eigenvalue weighted by atomic mass is 10.0. The minimum atomic E-state index is -0.343. The third-order valence-electron chi connectivity index (χ3n) is 2.91. The average Bonchev–Trinajstić information content (AvgIpc) is 2.93. The summed E-state index contributed by atoms with van der Waals surface area (Å²) in [4.78, 5) is 0. The van der Waals surface area contributed by atoms with E-state index < -0.39 is 0 Å². The van der Waals surface area contributed by atoms with Gasteiger partial charge in [-0.05, 0) is 44.0 Å². The summed E-state index contributed by atoms with van der Waals surface area (Å²) < 4.78 is 12.9. The Kier molecular flexibility index (Phi) is 2.50. The first-order valence-corrected chi connectivity index (χ1v) is 5.16. The number of rotatable bonds is 3. The first-order chi connectivity index (χ1) is 6.65. The van der Waals surface area contributed by atoms with Crippen LogP contribution in [0, 0.1) is 5.82 Å². The molecule has 76 valence electrons. The van der Waals surface area contributed by atoms with Crippen molar-refractivity contribution in [2.45, 2.75) is 24.8 Å². The van der Waals surface area contributed by atoms with Gasteiger partial charge in [0, 0.05) is 5.54 Å². The van der Waals surface area contributed by atoms with Crippen LogP contribution >= 0.6 is 11.6 Å². The van der Waals surface area contributed by atoms with E-state index >= 15 is 0 Å². The fourth-order valence-electron chi connectivity index (χ4n) is 1.71. The van der Waals surface area contributed by atoms with Crippen LogP contribution in [0.5, 0.6) is 0 Å². The van der Waals surface area contributed by atoms with E-state index in [4.69, 9.17) is 11.6 Å². The van der Waals surface area contributed by atoms with Crippen LogP contribution in [0.1, 0.15) is 18.4 Å². The summed E-state index contributed by atoms with van der Waals surface area (Å²) in [5.74, 6) is -0.343. The quantitative estimate of drug-likeness (QED) is 0.814. The molecule has 0 radical (unpaired) electrons. The Hall–Kier alpha value is -0.600. The molecule has 1 fully saturated rings. The van der Waals surface area contributed by atoms with Crippen LogP contribution in [0.4, 0.5) is 4.39 Å². The van der Waals surface area contributed by atoms with Crippen LogP contribution in [-0.2, 0) is 6.42 Å². The van der Waals surface area contributed by atoms with Crippen molar-refractivity contribution in [3.63, 3.8) is 0 Å². The summed E-state index contributed by atoms with van der Waals surface area (Å²) in [6.07, 6.45) is 3.32. The van der Waals surface area contributed by atoms with Crippen molar-refractivity contribution in [1.82, 2.24) is 5.32 Å². The molecule has 3 heteroatoms. The maximum Gasteiger partial charge on any atom is 0.141 e. The number of nitrogens with one attached hydrogen (secondary N) is 1. The van der Waals surface area contributed by atoms with Gasteiger partial charge in [-0.1, -0.05) is 17.7 Å². The van der Waals surface area contributed by atoms with E-state index in [0.29, 0.717) is 0 Å². The van der Waals surface area contributed by atoms with E-state index in [1.54, 1.807) is 12.1 Å². The second-order valence-corrected chi connectivity index (χ2v) is 4.36. The second kappa shape index (κ2) is 3.52. The first-order valence-electron chi connectivity index (χ1n) is 4.78. The Bertz CT molecular complexity index is 347. The summed E-state index contributed by atoms with van der Waals surface area (Å²) in [5.41, 5.74) is 1.35. The fraction of sp³-hybridized carbons (Fsp3) is 0.455. The van der Waals surface area contributed by atoms with Crippen molar-refractivity contribution >= 4 is 11.6 Å². The summed E-state index contributed by atoms with van der Waals surface area (Å²) in [5, 5.41) is 3.52. The summed E-state index contributed by atoms with van der Waals surface area (Å²) >= 11 is 5.71. The highest BCUT2D eigenvalue weighted by Crippen LogP contribution is 2.38. The lowest BCUT2D eigenvalue weighted by molar-refractivity contribution is 0.547. The molecule has 0 aromatic heterocycles. The molecule has 0 amide bonds. The molecule has 0 bridgehead atoms. The monoisotopic (exact) mass is 213 g/mol. The highest BCUT2D eigenvalue weighted by Gasteiger charge is 2.40. The topological polar surface area (TPSA) is 12.0 Å². The Morgan fingerprint density at radius 1 is 1.50 bits per heavy atom. The zero-order valence-electron chi connectivity index (χ0n) is 8.11. The molecule has 0 saturated heterocycles. The zero-order chi connectivity index (χ0) is 10.2. The van der Waals surface area contributed by atoms with Gasteiger partial charge in [0.05, 0.1) is 5.02 Å². The fourth-order valence-corrected chi connectivity index (χ4v) is 1.91. The van der Waals surface area contributed by atoms with E-state index in [2.05, 4.69) is 5.32 Å². The number of halogens is 2. The standard InChI is InChI=1S/C11H13ClFN/c1-14-11(4-5-11)7-8-2-3-10(13)9(12)6-8/h2-3,6,14H,4-5,7H2,1H3. The van der Waals surface area contributed by atoms with Crippen LogP contribution in [0.15, 0.2) is 18.2 Å². The normalized spacial score (nSPS) is 18.2. The van der Waals surface area contributed by atoms with Gasteiger partial charge in [0.25, 0.3) is 0 Å². The van der Waals surface area contributed by atoms with E-state index in [-0.39, 0.29) is 16.4 Å². The van der Waals surface area contributed by atoms with Crippen molar-refractivity contribution < 1.29 is 4.39 Å². The predicted octanol–water partition coefficient (Wildman–Crippen LogP) is 2.77. The van der Waals surface area contributed by atoms with Gasteiger partial charge in [-0.15, -0.1) is 0 Å². The van der Waals surface area contributed by atoms with Gasteiger partial charge in [-0.25, -0.2) is 4.39 Å². The minimum Gasteiger partial charge on any atom is -0.314 e. The molecule has 0 spiro atoms. The summed E-state index contributed by atoms with van der Waals surface area (Å²) in [6, 6.07) is 4.95. The first kappa shape index (κ1) is 9.94. The molecule has 0 atom stereocenters. The highest BCUT2D eigenvalue weighted by molar-refractivity contribution is 6.30. The molecule has 1 nitrogen and oxygen atoms in total. The highest BCUT2D eigenvalue weighted by atomic mass is 35.5. The maximum absolute atomic E-state index is 12.9. The number of hydrogen-bond donors (Lipinski definition) is 1. The van der Waals surface area contributed by atoms with Gasteiger partial charge < -0.3 is 5.32 Å². The summed E-state index contributed by atoms with van der Waals surface area (Å²) in [7, 11) is 1.97. The van der Waals surface area contributed by atoms with E-state index in [1.807, 2.05) is 7.05 Å². The smallest absolute Gasteiger partial charge is 0.141 e. The molecule has 1 N–H and O–H groups in total. The minimum absolute atomic E-state index is 0.217. The molecule has 14 heavy (non-hydrogen) atoms. The molecule has 0 heterocycles. The molecule has 1 aliphatic rings. The lowest BCUT2D eigenvalue weighted by Gasteiger charge is -2.13. The van der Waals surface area contributed by atoms with Crippen LogP contribution in [0.3, 0.4) is 0 Å². The zero-order valence-corrected chi connectivity index (χ0v) is 8.87. The third kappa shape index (κ3) is 1.91.